The van der Waals surface area contributed by atoms with Crippen LogP contribution in [0.25, 0.3) is 0 Å². The van der Waals surface area contributed by atoms with Crippen LogP contribution in [0.5, 0.6) is 5.75 Å². The molecule has 29 heavy (non-hydrogen) atoms. The SMILES string of the molecule is Cc1cccc(NC(=O)NC(=O)COc2ccc([N+](=O)[O-])cc2C(F)(F)F)c1C. The van der Waals surface area contributed by atoms with E-state index >= 15 is 0 Å². The number of nitrogens with one attached hydrogen (secondary N) is 2. The molecule has 154 valence electrons. The molecule has 0 fully saturated rings. The molecule has 0 aliphatic heterocycles. The van der Waals surface area contributed by atoms with E-state index in [-0.39, 0.29) is 0 Å². The molecule has 2 aromatic rings. The summed E-state index contributed by atoms with van der Waals surface area (Å²) in [4.78, 5) is 33.4. The molecule has 2 N–H and O–H groups in total. The van der Waals surface area contributed by atoms with E-state index in [0.717, 1.165) is 23.3 Å². The second kappa shape index (κ2) is 8.59. The maximum Gasteiger partial charge on any atom is 0.420 e. The average molecular weight is 411 g/mol. The monoisotopic (exact) mass is 411 g/mol. The highest BCUT2D eigenvalue weighted by Crippen LogP contribution is 2.38. The second-order valence-corrected chi connectivity index (χ2v) is 5.97. The molecule has 0 aliphatic rings. The highest BCUT2D eigenvalue weighted by Gasteiger charge is 2.36. The Hall–Kier alpha value is -3.63. The number of hydrogen-bond acceptors (Lipinski definition) is 5. The number of halogens is 3. The topological polar surface area (TPSA) is 111 Å². The summed E-state index contributed by atoms with van der Waals surface area (Å²) in [6, 6.07) is 6.14. The van der Waals surface area contributed by atoms with Crippen molar-refractivity contribution in [3.8, 4) is 5.75 Å². The summed E-state index contributed by atoms with van der Waals surface area (Å²) in [5.74, 6) is -1.77. The number of hydrogen-bond donors (Lipinski definition) is 2. The van der Waals surface area contributed by atoms with Crippen molar-refractivity contribution in [2.75, 3.05) is 11.9 Å². The minimum absolute atomic E-state index is 0.306. The van der Waals surface area contributed by atoms with E-state index in [9.17, 15) is 32.9 Å². The number of nitro benzene ring substituents is 1. The normalized spacial score (nSPS) is 10.9. The Morgan fingerprint density at radius 3 is 2.48 bits per heavy atom. The first-order valence-electron chi connectivity index (χ1n) is 8.14. The van der Waals surface area contributed by atoms with Crippen molar-refractivity contribution in [1.29, 1.82) is 0 Å². The average Bonchev–Trinajstić information content (AvgIpc) is 2.62. The van der Waals surface area contributed by atoms with E-state index in [4.69, 9.17) is 4.74 Å². The van der Waals surface area contributed by atoms with Crippen molar-refractivity contribution in [3.63, 3.8) is 0 Å². The summed E-state index contributed by atoms with van der Waals surface area (Å²) in [7, 11) is 0. The molecule has 0 radical (unpaired) electrons. The summed E-state index contributed by atoms with van der Waals surface area (Å²) in [5.41, 5.74) is -0.0188. The molecule has 2 rings (SSSR count). The van der Waals surface area contributed by atoms with E-state index < -0.39 is 46.6 Å². The quantitative estimate of drug-likeness (QED) is 0.572. The molecule has 0 heterocycles. The number of nitro groups is 1. The highest BCUT2D eigenvalue weighted by molar-refractivity contribution is 6.02. The van der Waals surface area contributed by atoms with Gasteiger partial charge in [0, 0.05) is 17.8 Å². The lowest BCUT2D eigenvalue weighted by Gasteiger charge is -2.14. The van der Waals surface area contributed by atoms with Crippen LogP contribution in [0.4, 0.5) is 29.3 Å². The predicted octanol–water partition coefficient (Wildman–Crippen LogP) is 3.96. The zero-order valence-electron chi connectivity index (χ0n) is 15.3. The van der Waals surface area contributed by atoms with E-state index in [2.05, 4.69) is 5.32 Å². The van der Waals surface area contributed by atoms with Crippen LogP contribution in [0.15, 0.2) is 36.4 Å². The molecule has 2 aromatic carbocycles. The minimum atomic E-state index is -4.93. The lowest BCUT2D eigenvalue weighted by molar-refractivity contribution is -0.385. The molecule has 11 heteroatoms. The molecule has 3 amide bonds. The van der Waals surface area contributed by atoms with Gasteiger partial charge in [0.25, 0.3) is 11.6 Å². The largest absolute Gasteiger partial charge is 0.483 e. The molecular formula is C18H16F3N3O5. The van der Waals surface area contributed by atoms with Gasteiger partial charge in [0.15, 0.2) is 6.61 Å². The molecular weight excluding hydrogens is 395 g/mol. The molecule has 8 nitrogen and oxygen atoms in total. The number of imide groups is 1. The van der Waals surface area contributed by atoms with Gasteiger partial charge in [-0.3, -0.25) is 20.2 Å². The van der Waals surface area contributed by atoms with E-state index in [1.165, 1.54) is 0 Å². The Morgan fingerprint density at radius 1 is 1.17 bits per heavy atom. The Kier molecular flexibility index (Phi) is 6.42. The van der Waals surface area contributed by atoms with Crippen LogP contribution in [0, 0.1) is 24.0 Å². The van der Waals surface area contributed by atoms with Crippen molar-refractivity contribution in [2.45, 2.75) is 20.0 Å². The smallest absolute Gasteiger partial charge is 0.420 e. The number of carbonyl (C=O) groups excluding carboxylic acids is 2. The number of anilines is 1. The van der Waals surface area contributed by atoms with Crippen molar-refractivity contribution in [3.05, 3.63) is 63.2 Å². The van der Waals surface area contributed by atoms with Gasteiger partial charge in [0.1, 0.15) is 11.3 Å². The number of rotatable bonds is 5. The zero-order valence-corrected chi connectivity index (χ0v) is 15.3. The number of non-ortho nitro benzene ring substituents is 1. The van der Waals surface area contributed by atoms with Gasteiger partial charge in [-0.1, -0.05) is 12.1 Å². The Balaban J connectivity index is 2.02. The summed E-state index contributed by atoms with van der Waals surface area (Å²) in [6.07, 6.45) is -4.93. The number of carbonyl (C=O) groups is 2. The first kappa shape index (κ1) is 21.7. The van der Waals surface area contributed by atoms with Gasteiger partial charge in [0.2, 0.25) is 0 Å². The standard InChI is InChI=1S/C18H16F3N3O5/c1-10-4-3-5-14(11(10)2)22-17(26)23-16(25)9-29-15-7-6-12(24(27)28)8-13(15)18(19,20)21/h3-8H,9H2,1-2H3,(H2,22,23,25,26). The third-order valence-electron chi connectivity index (χ3n) is 3.94. The summed E-state index contributed by atoms with van der Waals surface area (Å²) in [5, 5.41) is 15.0. The van der Waals surface area contributed by atoms with Gasteiger partial charge >= 0.3 is 12.2 Å². The fraction of sp³-hybridized carbons (Fsp3) is 0.222. The molecule has 0 aromatic heterocycles. The van der Waals surface area contributed by atoms with Gasteiger partial charge in [-0.25, -0.2) is 4.79 Å². The van der Waals surface area contributed by atoms with Crippen LogP contribution >= 0.6 is 0 Å². The van der Waals surface area contributed by atoms with Gasteiger partial charge in [-0.2, -0.15) is 13.2 Å². The maximum atomic E-state index is 13.1. The number of ether oxygens (including phenoxy) is 1. The first-order chi connectivity index (χ1) is 13.5. The van der Waals surface area contributed by atoms with Crippen LogP contribution < -0.4 is 15.4 Å². The summed E-state index contributed by atoms with van der Waals surface area (Å²) < 4.78 is 44.0. The van der Waals surface area contributed by atoms with Crippen molar-refractivity contribution in [1.82, 2.24) is 5.32 Å². The summed E-state index contributed by atoms with van der Waals surface area (Å²) >= 11 is 0. The molecule has 0 bridgehead atoms. The Bertz CT molecular complexity index is 960. The molecule has 0 saturated carbocycles. The van der Waals surface area contributed by atoms with E-state index in [1.54, 1.807) is 19.1 Å². The van der Waals surface area contributed by atoms with Crippen molar-refractivity contribution < 1.29 is 32.4 Å². The molecule has 0 atom stereocenters. The van der Waals surface area contributed by atoms with Crippen LogP contribution in [0.1, 0.15) is 16.7 Å². The molecule has 0 saturated heterocycles. The van der Waals surface area contributed by atoms with Crippen LogP contribution in [-0.4, -0.2) is 23.5 Å². The molecule has 0 unspecified atom stereocenters. The number of nitrogens with zero attached hydrogens (tertiary/aromatic N) is 1. The number of urea groups is 1. The lowest BCUT2D eigenvalue weighted by Crippen LogP contribution is -2.37. The number of aryl methyl sites for hydroxylation is 1. The van der Waals surface area contributed by atoms with Gasteiger partial charge in [0.05, 0.1) is 4.92 Å². The Labute approximate surface area is 162 Å². The van der Waals surface area contributed by atoms with Crippen LogP contribution in [-0.2, 0) is 11.0 Å². The van der Waals surface area contributed by atoms with Crippen molar-refractivity contribution in [2.24, 2.45) is 0 Å². The molecule has 0 spiro atoms. The van der Waals surface area contributed by atoms with Crippen molar-refractivity contribution >= 4 is 23.3 Å². The number of alkyl halides is 3. The molecule has 0 aliphatic carbocycles. The van der Waals surface area contributed by atoms with Crippen LogP contribution in [0.3, 0.4) is 0 Å². The zero-order chi connectivity index (χ0) is 21.8. The first-order valence-corrected chi connectivity index (χ1v) is 8.14. The van der Waals surface area contributed by atoms with Gasteiger partial charge in [-0.15, -0.1) is 0 Å². The van der Waals surface area contributed by atoms with Crippen LogP contribution in [0.2, 0.25) is 0 Å². The second-order valence-electron chi connectivity index (χ2n) is 5.97. The van der Waals surface area contributed by atoms with Gasteiger partial charge in [-0.05, 0) is 37.1 Å². The highest BCUT2D eigenvalue weighted by atomic mass is 19.4. The fourth-order valence-electron chi connectivity index (χ4n) is 2.33. The predicted molar refractivity (Wildman–Crippen MR) is 96.7 cm³/mol. The fourth-order valence-corrected chi connectivity index (χ4v) is 2.33. The third-order valence-corrected chi connectivity index (χ3v) is 3.94. The van der Waals surface area contributed by atoms with Gasteiger partial charge < -0.3 is 10.1 Å². The van der Waals surface area contributed by atoms with E-state index in [1.807, 2.05) is 18.3 Å². The Morgan fingerprint density at radius 2 is 1.86 bits per heavy atom. The lowest BCUT2D eigenvalue weighted by atomic mass is 10.1. The number of amides is 3. The minimum Gasteiger partial charge on any atom is -0.483 e. The summed E-state index contributed by atoms with van der Waals surface area (Å²) in [6.45, 7) is 2.70. The maximum absolute atomic E-state index is 13.1. The third kappa shape index (κ3) is 5.67. The van der Waals surface area contributed by atoms with E-state index in [0.29, 0.717) is 11.8 Å². The number of benzene rings is 2.